The van der Waals surface area contributed by atoms with Crippen LogP contribution in [0.2, 0.25) is 0 Å². The molecule has 1 aromatic carbocycles. The van der Waals surface area contributed by atoms with Crippen LogP contribution in [0.25, 0.3) is 11.0 Å². The van der Waals surface area contributed by atoms with Gasteiger partial charge in [0.05, 0.1) is 12.0 Å². The highest BCUT2D eigenvalue weighted by Gasteiger charge is 2.13. The monoisotopic (exact) mass is 273 g/mol. The Morgan fingerprint density at radius 1 is 1.40 bits per heavy atom. The smallest absolute Gasteiger partial charge is 0.374 e. The molecule has 0 radical (unpaired) electrons. The number of carbonyl (C=O) groups is 1. The quantitative estimate of drug-likeness (QED) is 0.790. The van der Waals surface area contributed by atoms with Crippen molar-refractivity contribution in [2.24, 2.45) is 0 Å². The van der Waals surface area contributed by atoms with E-state index in [2.05, 4.69) is 0 Å². The van der Waals surface area contributed by atoms with Gasteiger partial charge in [-0.25, -0.2) is 4.79 Å². The van der Waals surface area contributed by atoms with Crippen LogP contribution >= 0.6 is 0 Å². The van der Waals surface area contributed by atoms with E-state index < -0.39 is 5.97 Å². The number of benzene rings is 1. The molecule has 0 amide bonds. The molecule has 0 spiro atoms. The zero-order valence-corrected chi connectivity index (χ0v) is 10.7. The number of hydrogen-bond donors (Lipinski definition) is 0. The Bertz CT molecular complexity index is 741. The van der Waals surface area contributed by atoms with E-state index in [0.717, 1.165) is 6.07 Å². The summed E-state index contributed by atoms with van der Waals surface area (Å²) in [5, 5.41) is 8.71. The molecule has 0 atom stereocenters. The molecule has 0 unspecified atom stereocenters. The van der Waals surface area contributed by atoms with Crippen LogP contribution in [0.3, 0.4) is 0 Å². The van der Waals surface area contributed by atoms with Crippen LogP contribution in [0, 0.1) is 11.3 Å². The van der Waals surface area contributed by atoms with Gasteiger partial charge in [-0.05, 0) is 25.1 Å². The molecular formula is C14H11NO5. The van der Waals surface area contributed by atoms with Gasteiger partial charge in [-0.15, -0.1) is 0 Å². The van der Waals surface area contributed by atoms with Crippen molar-refractivity contribution in [1.29, 1.82) is 5.26 Å². The lowest BCUT2D eigenvalue weighted by atomic mass is 10.2. The maximum absolute atomic E-state index is 11.9. The van der Waals surface area contributed by atoms with Crippen molar-refractivity contribution < 1.29 is 18.7 Å². The van der Waals surface area contributed by atoms with Crippen LogP contribution < -0.4 is 10.2 Å². The minimum atomic E-state index is -0.684. The SMILES string of the molecule is CCOC(=O)c1cc(=O)c2cc(OCC#N)ccc2o1. The molecule has 2 rings (SSSR count). The normalized spacial score (nSPS) is 10.0. The Kier molecular flexibility index (Phi) is 4.01. The van der Waals surface area contributed by atoms with Gasteiger partial charge in [0.25, 0.3) is 0 Å². The van der Waals surface area contributed by atoms with Gasteiger partial charge in [-0.2, -0.15) is 5.26 Å². The molecule has 0 bridgehead atoms. The molecule has 0 aliphatic rings. The first-order valence-corrected chi connectivity index (χ1v) is 5.90. The fourth-order valence-electron chi connectivity index (χ4n) is 1.64. The number of hydrogen-bond acceptors (Lipinski definition) is 6. The van der Waals surface area contributed by atoms with Gasteiger partial charge in [-0.3, -0.25) is 4.79 Å². The van der Waals surface area contributed by atoms with Crippen LogP contribution in [-0.4, -0.2) is 19.2 Å². The van der Waals surface area contributed by atoms with Crippen molar-refractivity contribution in [2.45, 2.75) is 6.92 Å². The van der Waals surface area contributed by atoms with E-state index in [-0.39, 0.29) is 35.4 Å². The topological polar surface area (TPSA) is 89.5 Å². The predicted molar refractivity (Wildman–Crippen MR) is 69.5 cm³/mol. The van der Waals surface area contributed by atoms with Crippen molar-refractivity contribution >= 4 is 16.9 Å². The highest BCUT2D eigenvalue weighted by molar-refractivity contribution is 5.89. The van der Waals surface area contributed by atoms with E-state index in [1.807, 2.05) is 6.07 Å². The van der Waals surface area contributed by atoms with E-state index in [0.29, 0.717) is 5.75 Å². The molecule has 0 aliphatic heterocycles. The summed E-state index contributed by atoms with van der Waals surface area (Å²) in [6.45, 7) is 1.75. The van der Waals surface area contributed by atoms with Gasteiger partial charge in [0.1, 0.15) is 17.4 Å². The molecular weight excluding hydrogens is 262 g/mol. The van der Waals surface area contributed by atoms with Crippen LogP contribution in [0.5, 0.6) is 5.75 Å². The van der Waals surface area contributed by atoms with Crippen molar-refractivity contribution in [3.8, 4) is 11.8 Å². The summed E-state index contributed by atoms with van der Waals surface area (Å²) >= 11 is 0. The summed E-state index contributed by atoms with van der Waals surface area (Å²) in [5.74, 6) is -0.443. The van der Waals surface area contributed by atoms with Gasteiger partial charge < -0.3 is 13.9 Å². The lowest BCUT2D eigenvalue weighted by Crippen LogP contribution is -2.10. The Balaban J connectivity index is 2.45. The zero-order valence-electron chi connectivity index (χ0n) is 10.7. The van der Waals surface area contributed by atoms with E-state index in [9.17, 15) is 9.59 Å². The molecule has 1 aromatic heterocycles. The summed E-state index contributed by atoms with van der Waals surface area (Å²) < 4.78 is 15.2. The molecule has 6 nitrogen and oxygen atoms in total. The third-order valence-electron chi connectivity index (χ3n) is 2.48. The number of nitriles is 1. The van der Waals surface area contributed by atoms with E-state index >= 15 is 0 Å². The first-order chi connectivity index (χ1) is 9.65. The lowest BCUT2D eigenvalue weighted by Gasteiger charge is -2.05. The van der Waals surface area contributed by atoms with Gasteiger partial charge in [0, 0.05) is 6.07 Å². The van der Waals surface area contributed by atoms with Crippen LogP contribution in [0.15, 0.2) is 33.5 Å². The van der Waals surface area contributed by atoms with Gasteiger partial charge in [0.2, 0.25) is 5.76 Å². The predicted octanol–water partition coefficient (Wildman–Crippen LogP) is 1.87. The molecule has 0 fully saturated rings. The fourth-order valence-corrected chi connectivity index (χ4v) is 1.64. The minimum Gasteiger partial charge on any atom is -0.479 e. The highest BCUT2D eigenvalue weighted by Crippen LogP contribution is 2.19. The number of ether oxygens (including phenoxy) is 2. The molecule has 0 saturated carbocycles. The average molecular weight is 273 g/mol. The minimum absolute atomic E-state index is 0.113. The van der Waals surface area contributed by atoms with Crippen molar-refractivity contribution in [2.75, 3.05) is 13.2 Å². The second kappa shape index (κ2) is 5.89. The largest absolute Gasteiger partial charge is 0.479 e. The number of rotatable bonds is 4. The van der Waals surface area contributed by atoms with Crippen molar-refractivity contribution in [1.82, 2.24) is 0 Å². The molecule has 102 valence electrons. The maximum atomic E-state index is 11.9. The van der Waals surface area contributed by atoms with Gasteiger partial charge in [-0.1, -0.05) is 0 Å². The molecule has 0 N–H and O–H groups in total. The standard InChI is InChI=1S/C14H11NO5/c1-2-18-14(17)13-8-11(16)10-7-9(19-6-5-15)3-4-12(10)20-13/h3-4,7-8H,2,6H2,1H3. The summed E-state index contributed by atoms with van der Waals surface area (Å²) in [5.41, 5.74) is -0.124. The maximum Gasteiger partial charge on any atom is 0.374 e. The molecule has 0 aliphatic carbocycles. The van der Waals surface area contributed by atoms with E-state index in [4.69, 9.17) is 19.2 Å². The first-order valence-electron chi connectivity index (χ1n) is 5.90. The van der Waals surface area contributed by atoms with Gasteiger partial charge in [0.15, 0.2) is 12.0 Å². The number of nitrogens with zero attached hydrogens (tertiary/aromatic N) is 1. The molecule has 2 aromatic rings. The summed E-state index contributed by atoms with van der Waals surface area (Å²) in [7, 11) is 0. The summed E-state index contributed by atoms with van der Waals surface area (Å²) in [4.78, 5) is 23.5. The van der Waals surface area contributed by atoms with Crippen molar-refractivity contribution in [3.05, 3.63) is 40.2 Å². The first kappa shape index (κ1) is 13.6. The Hall–Kier alpha value is -2.81. The van der Waals surface area contributed by atoms with Crippen LogP contribution in [0.1, 0.15) is 17.5 Å². The number of fused-ring (bicyclic) bond motifs is 1. The molecule has 20 heavy (non-hydrogen) atoms. The van der Waals surface area contributed by atoms with Crippen LogP contribution in [0.4, 0.5) is 0 Å². The van der Waals surface area contributed by atoms with E-state index in [1.54, 1.807) is 13.0 Å². The third-order valence-corrected chi connectivity index (χ3v) is 2.48. The average Bonchev–Trinajstić information content (AvgIpc) is 2.45. The second-order valence-electron chi connectivity index (χ2n) is 3.80. The number of esters is 1. The van der Waals surface area contributed by atoms with Crippen LogP contribution in [-0.2, 0) is 4.74 Å². The molecule has 1 heterocycles. The number of carbonyl (C=O) groups excluding carboxylic acids is 1. The van der Waals surface area contributed by atoms with Crippen molar-refractivity contribution in [3.63, 3.8) is 0 Å². The third kappa shape index (κ3) is 2.78. The Morgan fingerprint density at radius 2 is 2.20 bits per heavy atom. The Labute approximate surface area is 114 Å². The van der Waals surface area contributed by atoms with Gasteiger partial charge >= 0.3 is 5.97 Å². The van der Waals surface area contributed by atoms with E-state index in [1.165, 1.54) is 12.1 Å². The lowest BCUT2D eigenvalue weighted by molar-refractivity contribution is 0.0490. The summed E-state index contributed by atoms with van der Waals surface area (Å²) in [6, 6.07) is 7.43. The molecule has 6 heteroatoms. The Morgan fingerprint density at radius 3 is 2.90 bits per heavy atom. The summed E-state index contributed by atoms with van der Waals surface area (Å²) in [6.07, 6.45) is 0. The second-order valence-corrected chi connectivity index (χ2v) is 3.80. The fraction of sp³-hybridized carbons (Fsp3) is 0.214. The highest BCUT2D eigenvalue weighted by atomic mass is 16.5. The zero-order chi connectivity index (χ0) is 14.5. The molecule has 0 saturated heterocycles.